The highest BCUT2D eigenvalue weighted by Gasteiger charge is 2.29. The van der Waals surface area contributed by atoms with E-state index in [2.05, 4.69) is 6.58 Å². The number of carbonyl (C=O) groups is 1. The van der Waals surface area contributed by atoms with Crippen molar-refractivity contribution < 1.29 is 9.90 Å². The summed E-state index contributed by atoms with van der Waals surface area (Å²) in [6.45, 7) is 4.30. The second-order valence-electron chi connectivity index (χ2n) is 3.69. The van der Waals surface area contributed by atoms with Crippen molar-refractivity contribution in [3.8, 4) is 5.75 Å². The van der Waals surface area contributed by atoms with Gasteiger partial charge in [-0.25, -0.2) is 0 Å². The van der Waals surface area contributed by atoms with E-state index in [0.29, 0.717) is 18.7 Å². The molecule has 15 heavy (non-hydrogen) atoms. The molecule has 1 unspecified atom stereocenters. The summed E-state index contributed by atoms with van der Waals surface area (Å²) in [5.74, 6) is 0.383. The van der Waals surface area contributed by atoms with Gasteiger partial charge in [0.1, 0.15) is 5.75 Å². The minimum Gasteiger partial charge on any atom is -0.506 e. The fourth-order valence-corrected chi connectivity index (χ4v) is 1.82. The number of aromatic hydroxyl groups is 1. The van der Waals surface area contributed by atoms with E-state index < -0.39 is 0 Å². The molecule has 2 rings (SSSR count). The van der Waals surface area contributed by atoms with Crippen LogP contribution in [0.1, 0.15) is 6.42 Å². The first-order valence-corrected chi connectivity index (χ1v) is 4.93. The van der Waals surface area contributed by atoms with Crippen LogP contribution in [0.4, 0.5) is 5.69 Å². The number of rotatable bonds is 2. The third-order valence-corrected chi connectivity index (χ3v) is 2.66. The Bertz CT molecular complexity index is 400. The fourth-order valence-electron chi connectivity index (χ4n) is 1.82. The number of phenolic OH excluding ortho intramolecular Hbond substituents is 1. The number of phenols is 1. The number of nitrogens with zero attached hydrogens (tertiary/aromatic N) is 1. The van der Waals surface area contributed by atoms with E-state index in [1.54, 1.807) is 29.2 Å². The molecular formula is C12H13NO2. The zero-order chi connectivity index (χ0) is 10.8. The summed E-state index contributed by atoms with van der Waals surface area (Å²) in [5, 5.41) is 9.63. The Labute approximate surface area is 88.6 Å². The minimum absolute atomic E-state index is 0.0430. The first-order chi connectivity index (χ1) is 7.22. The van der Waals surface area contributed by atoms with Gasteiger partial charge < -0.3 is 10.0 Å². The Morgan fingerprint density at radius 3 is 2.80 bits per heavy atom. The van der Waals surface area contributed by atoms with E-state index in [0.717, 1.165) is 0 Å². The van der Waals surface area contributed by atoms with Crippen LogP contribution < -0.4 is 4.90 Å². The van der Waals surface area contributed by atoms with E-state index in [4.69, 9.17) is 0 Å². The number of benzene rings is 1. The second kappa shape index (κ2) is 3.77. The average Bonchev–Trinajstić information content (AvgIpc) is 2.60. The summed E-state index contributed by atoms with van der Waals surface area (Å²) in [7, 11) is 0. The van der Waals surface area contributed by atoms with Crippen LogP contribution in [0.15, 0.2) is 36.9 Å². The van der Waals surface area contributed by atoms with Gasteiger partial charge in [-0.05, 0) is 12.1 Å². The average molecular weight is 203 g/mol. The Kier molecular flexibility index (Phi) is 2.46. The molecule has 0 aliphatic carbocycles. The van der Waals surface area contributed by atoms with Crippen molar-refractivity contribution in [2.45, 2.75) is 6.42 Å². The van der Waals surface area contributed by atoms with Crippen LogP contribution >= 0.6 is 0 Å². The highest BCUT2D eigenvalue weighted by Crippen LogP contribution is 2.31. The SMILES string of the molecule is C=CC1CC(=O)N(c2ccccc2O)C1. The molecule has 3 nitrogen and oxygen atoms in total. The molecule has 1 heterocycles. The van der Waals surface area contributed by atoms with Crippen molar-refractivity contribution in [3.63, 3.8) is 0 Å². The van der Waals surface area contributed by atoms with Crippen LogP contribution in [0, 0.1) is 5.92 Å². The van der Waals surface area contributed by atoms with Crippen molar-refractivity contribution in [1.29, 1.82) is 0 Å². The quantitative estimate of drug-likeness (QED) is 0.746. The molecule has 1 aromatic carbocycles. The van der Waals surface area contributed by atoms with Gasteiger partial charge in [0.25, 0.3) is 0 Å². The molecule has 0 aromatic heterocycles. The number of para-hydroxylation sites is 2. The Balaban J connectivity index is 2.29. The van der Waals surface area contributed by atoms with E-state index in [-0.39, 0.29) is 17.6 Å². The fraction of sp³-hybridized carbons (Fsp3) is 0.250. The van der Waals surface area contributed by atoms with Crippen LogP contribution in [0.3, 0.4) is 0 Å². The van der Waals surface area contributed by atoms with Crippen LogP contribution in [0.5, 0.6) is 5.75 Å². The van der Waals surface area contributed by atoms with Gasteiger partial charge in [-0.1, -0.05) is 18.2 Å². The molecule has 1 amide bonds. The summed E-state index contributed by atoms with van der Waals surface area (Å²) in [5.41, 5.74) is 0.590. The van der Waals surface area contributed by atoms with E-state index >= 15 is 0 Å². The van der Waals surface area contributed by atoms with E-state index in [9.17, 15) is 9.90 Å². The van der Waals surface area contributed by atoms with Gasteiger partial charge in [0.05, 0.1) is 5.69 Å². The number of carbonyl (C=O) groups excluding carboxylic acids is 1. The predicted molar refractivity (Wildman–Crippen MR) is 58.8 cm³/mol. The lowest BCUT2D eigenvalue weighted by Gasteiger charge is -2.17. The van der Waals surface area contributed by atoms with Crippen LogP contribution in [0.2, 0.25) is 0 Å². The predicted octanol–water partition coefficient (Wildman–Crippen LogP) is 1.93. The molecular weight excluding hydrogens is 190 g/mol. The molecule has 78 valence electrons. The van der Waals surface area contributed by atoms with Crippen molar-refractivity contribution in [2.75, 3.05) is 11.4 Å². The molecule has 1 N–H and O–H groups in total. The van der Waals surface area contributed by atoms with E-state index in [1.807, 2.05) is 6.07 Å². The van der Waals surface area contributed by atoms with Crippen molar-refractivity contribution >= 4 is 11.6 Å². The van der Waals surface area contributed by atoms with Gasteiger partial charge in [0, 0.05) is 18.9 Å². The molecule has 3 heteroatoms. The first-order valence-electron chi connectivity index (χ1n) is 4.93. The third kappa shape index (κ3) is 1.73. The second-order valence-corrected chi connectivity index (χ2v) is 3.69. The lowest BCUT2D eigenvalue weighted by molar-refractivity contribution is -0.117. The molecule has 0 bridgehead atoms. The summed E-state index contributed by atoms with van der Waals surface area (Å²) in [6, 6.07) is 6.89. The van der Waals surface area contributed by atoms with Crippen molar-refractivity contribution in [1.82, 2.24) is 0 Å². The smallest absolute Gasteiger partial charge is 0.227 e. The molecule has 0 spiro atoms. The third-order valence-electron chi connectivity index (χ3n) is 2.66. The van der Waals surface area contributed by atoms with Gasteiger partial charge in [0.15, 0.2) is 0 Å². The van der Waals surface area contributed by atoms with Crippen LogP contribution in [-0.4, -0.2) is 17.6 Å². The summed E-state index contributed by atoms with van der Waals surface area (Å²) >= 11 is 0. The standard InChI is InChI=1S/C12H13NO2/c1-2-9-7-12(15)13(8-9)10-5-3-4-6-11(10)14/h2-6,9,14H,1,7-8H2. The zero-order valence-electron chi connectivity index (χ0n) is 8.39. The molecule has 1 aliphatic heterocycles. The maximum atomic E-state index is 11.7. The molecule has 1 aromatic rings. The van der Waals surface area contributed by atoms with Gasteiger partial charge in [-0.3, -0.25) is 4.79 Å². The molecule has 1 atom stereocenters. The molecule has 1 fully saturated rings. The number of hydrogen-bond donors (Lipinski definition) is 1. The van der Waals surface area contributed by atoms with Crippen molar-refractivity contribution in [2.24, 2.45) is 5.92 Å². The Hall–Kier alpha value is -1.77. The highest BCUT2D eigenvalue weighted by molar-refractivity contribution is 5.97. The summed E-state index contributed by atoms with van der Waals surface area (Å²) in [6.07, 6.45) is 2.27. The van der Waals surface area contributed by atoms with Gasteiger partial charge in [-0.2, -0.15) is 0 Å². The van der Waals surface area contributed by atoms with Crippen molar-refractivity contribution in [3.05, 3.63) is 36.9 Å². The maximum Gasteiger partial charge on any atom is 0.227 e. The van der Waals surface area contributed by atoms with Crippen LogP contribution in [0.25, 0.3) is 0 Å². The monoisotopic (exact) mass is 203 g/mol. The number of hydrogen-bond acceptors (Lipinski definition) is 2. The first kappa shape index (κ1) is 9.77. The lowest BCUT2D eigenvalue weighted by atomic mass is 10.1. The summed E-state index contributed by atoms with van der Waals surface area (Å²) < 4.78 is 0. The zero-order valence-corrected chi connectivity index (χ0v) is 8.39. The van der Waals surface area contributed by atoms with Gasteiger partial charge >= 0.3 is 0 Å². The minimum atomic E-state index is 0.0430. The molecule has 1 aliphatic rings. The lowest BCUT2D eigenvalue weighted by Crippen LogP contribution is -2.24. The van der Waals surface area contributed by atoms with E-state index in [1.165, 1.54) is 0 Å². The molecule has 0 saturated carbocycles. The Morgan fingerprint density at radius 1 is 1.47 bits per heavy atom. The number of anilines is 1. The maximum absolute atomic E-state index is 11.7. The Morgan fingerprint density at radius 2 is 2.20 bits per heavy atom. The summed E-state index contributed by atoms with van der Waals surface area (Å²) in [4.78, 5) is 13.3. The largest absolute Gasteiger partial charge is 0.506 e. The number of amides is 1. The topological polar surface area (TPSA) is 40.5 Å². The van der Waals surface area contributed by atoms with Crippen LogP contribution in [-0.2, 0) is 4.79 Å². The van der Waals surface area contributed by atoms with Gasteiger partial charge in [0.2, 0.25) is 5.91 Å². The normalized spacial score (nSPS) is 20.7. The molecule has 1 saturated heterocycles. The highest BCUT2D eigenvalue weighted by atomic mass is 16.3. The van der Waals surface area contributed by atoms with Gasteiger partial charge in [-0.15, -0.1) is 6.58 Å². The molecule has 0 radical (unpaired) electrons.